The Morgan fingerprint density at radius 2 is 1.56 bits per heavy atom. The molecule has 1 amide bonds. The molecule has 3 aromatic rings. The molecule has 1 fully saturated rings. The molecule has 0 atom stereocenters. The molecule has 5 rings (SSSR count). The number of alkyl halides is 3. The third kappa shape index (κ3) is 6.34. The molecule has 0 aliphatic carbocycles. The zero-order valence-electron chi connectivity index (χ0n) is 24.4. The zero-order valence-corrected chi connectivity index (χ0v) is 24.4. The number of esters is 1. The molecule has 0 unspecified atom stereocenters. The summed E-state index contributed by atoms with van der Waals surface area (Å²) in [4.78, 5) is 30.7. The SMILES string of the molecule is CCOC(=O)c1cccc(N2CCN(CCCC3(C(=O)NCC(F)(F)F)c4ccccc4Oc4ccccc43)CC2)c1C. The third-order valence-corrected chi connectivity index (χ3v) is 8.29. The molecule has 7 nitrogen and oxygen atoms in total. The van der Waals surface area contributed by atoms with Crippen LogP contribution in [0.25, 0.3) is 0 Å². The summed E-state index contributed by atoms with van der Waals surface area (Å²) >= 11 is 0. The molecular weight excluding hydrogens is 559 g/mol. The maximum Gasteiger partial charge on any atom is 0.405 e. The van der Waals surface area contributed by atoms with Crippen LogP contribution in [0, 0.1) is 6.92 Å². The summed E-state index contributed by atoms with van der Waals surface area (Å²) in [5.74, 6) is -0.0745. The molecular formula is C33H36F3N3O4. The smallest absolute Gasteiger partial charge is 0.405 e. The molecule has 0 spiro atoms. The van der Waals surface area contributed by atoms with E-state index >= 15 is 0 Å². The fourth-order valence-corrected chi connectivity index (χ4v) is 6.22. The molecule has 0 saturated carbocycles. The monoisotopic (exact) mass is 595 g/mol. The van der Waals surface area contributed by atoms with Crippen LogP contribution in [0.4, 0.5) is 18.9 Å². The van der Waals surface area contributed by atoms with Crippen molar-refractivity contribution in [2.24, 2.45) is 0 Å². The Morgan fingerprint density at radius 3 is 2.16 bits per heavy atom. The molecule has 0 aromatic heterocycles. The fraction of sp³-hybridized carbons (Fsp3) is 0.394. The molecule has 2 aliphatic heterocycles. The van der Waals surface area contributed by atoms with Gasteiger partial charge in [0.05, 0.1) is 12.2 Å². The number of ether oxygens (including phenoxy) is 2. The summed E-state index contributed by atoms with van der Waals surface area (Å²) in [5, 5.41) is 2.18. The van der Waals surface area contributed by atoms with E-state index in [-0.39, 0.29) is 5.97 Å². The van der Waals surface area contributed by atoms with Crippen LogP contribution < -0.4 is 15.0 Å². The second-order valence-electron chi connectivity index (χ2n) is 10.9. The van der Waals surface area contributed by atoms with E-state index in [4.69, 9.17) is 9.47 Å². The van der Waals surface area contributed by atoms with Gasteiger partial charge in [0, 0.05) is 43.0 Å². The average Bonchev–Trinajstić information content (AvgIpc) is 2.99. The molecule has 43 heavy (non-hydrogen) atoms. The van der Waals surface area contributed by atoms with Gasteiger partial charge in [0.25, 0.3) is 0 Å². The minimum atomic E-state index is -4.53. The maximum absolute atomic E-state index is 13.8. The van der Waals surface area contributed by atoms with Crippen molar-refractivity contribution in [3.8, 4) is 11.5 Å². The van der Waals surface area contributed by atoms with Crippen LogP contribution in [0.1, 0.15) is 46.8 Å². The molecule has 1 N–H and O–H groups in total. The first-order valence-electron chi connectivity index (χ1n) is 14.6. The second kappa shape index (κ2) is 12.7. The molecule has 0 radical (unpaired) electrons. The van der Waals surface area contributed by atoms with E-state index in [1.54, 1.807) is 61.5 Å². The van der Waals surface area contributed by atoms with Gasteiger partial charge in [0.2, 0.25) is 5.91 Å². The van der Waals surface area contributed by atoms with Crippen LogP contribution in [0.3, 0.4) is 0 Å². The number of carbonyl (C=O) groups excluding carboxylic acids is 2. The number of carbonyl (C=O) groups is 2. The predicted molar refractivity (Wildman–Crippen MR) is 158 cm³/mol. The molecule has 10 heteroatoms. The van der Waals surface area contributed by atoms with Gasteiger partial charge in [-0.3, -0.25) is 9.69 Å². The summed E-state index contributed by atoms with van der Waals surface area (Å²) in [6, 6.07) is 19.8. The van der Waals surface area contributed by atoms with Gasteiger partial charge in [-0.1, -0.05) is 42.5 Å². The van der Waals surface area contributed by atoms with Crippen LogP contribution in [0.2, 0.25) is 0 Å². The summed E-state index contributed by atoms with van der Waals surface area (Å²) in [5.41, 5.74) is 2.25. The molecule has 3 aromatic carbocycles. The Labute approximate surface area is 249 Å². The van der Waals surface area contributed by atoms with Crippen LogP contribution in [-0.2, 0) is 14.9 Å². The van der Waals surface area contributed by atoms with E-state index < -0.39 is 24.0 Å². The van der Waals surface area contributed by atoms with Gasteiger partial charge in [-0.05, 0) is 63.1 Å². The number of hydrogen-bond acceptors (Lipinski definition) is 6. The summed E-state index contributed by atoms with van der Waals surface area (Å²) < 4.78 is 50.9. The maximum atomic E-state index is 13.8. The third-order valence-electron chi connectivity index (χ3n) is 8.29. The van der Waals surface area contributed by atoms with E-state index in [2.05, 4.69) is 15.1 Å². The highest BCUT2D eigenvalue weighted by Gasteiger charge is 2.48. The van der Waals surface area contributed by atoms with E-state index in [9.17, 15) is 22.8 Å². The number of fused-ring (bicyclic) bond motifs is 2. The Kier molecular flexibility index (Phi) is 8.96. The highest BCUT2D eigenvalue weighted by Crippen LogP contribution is 2.50. The fourth-order valence-electron chi connectivity index (χ4n) is 6.22. The summed E-state index contributed by atoms with van der Waals surface area (Å²) in [7, 11) is 0. The highest BCUT2D eigenvalue weighted by molar-refractivity contribution is 5.95. The van der Waals surface area contributed by atoms with E-state index in [0.717, 1.165) is 37.4 Å². The largest absolute Gasteiger partial charge is 0.462 e. The number of nitrogens with zero attached hydrogens (tertiary/aromatic N) is 2. The minimum absolute atomic E-state index is 0.314. The van der Waals surface area contributed by atoms with Crippen LogP contribution in [0.15, 0.2) is 66.7 Å². The zero-order chi connectivity index (χ0) is 30.6. The Bertz CT molecular complexity index is 1420. The molecule has 0 bridgehead atoms. The number of piperazine rings is 1. The van der Waals surface area contributed by atoms with Crippen molar-refractivity contribution in [1.82, 2.24) is 10.2 Å². The van der Waals surface area contributed by atoms with Gasteiger partial charge in [0.1, 0.15) is 23.5 Å². The lowest BCUT2D eigenvalue weighted by molar-refractivity contribution is -0.141. The summed E-state index contributed by atoms with van der Waals surface area (Å²) in [6.45, 7) is 6.35. The first-order chi connectivity index (χ1) is 20.6. The second-order valence-corrected chi connectivity index (χ2v) is 10.9. The Morgan fingerprint density at radius 1 is 0.930 bits per heavy atom. The van der Waals surface area contributed by atoms with Gasteiger partial charge < -0.3 is 19.7 Å². The van der Waals surface area contributed by atoms with Crippen LogP contribution >= 0.6 is 0 Å². The topological polar surface area (TPSA) is 71.1 Å². The number of anilines is 1. The summed E-state index contributed by atoms with van der Waals surface area (Å²) in [6.07, 6.45) is -3.64. The van der Waals surface area contributed by atoms with E-state index in [1.807, 2.05) is 19.1 Å². The van der Waals surface area contributed by atoms with Crippen molar-refractivity contribution >= 4 is 17.6 Å². The quantitative estimate of drug-likeness (QED) is 0.314. The van der Waals surface area contributed by atoms with Crippen molar-refractivity contribution in [2.75, 3.05) is 50.8 Å². The van der Waals surface area contributed by atoms with Crippen LogP contribution in [0.5, 0.6) is 11.5 Å². The van der Waals surface area contributed by atoms with Gasteiger partial charge >= 0.3 is 12.1 Å². The van der Waals surface area contributed by atoms with Crippen molar-refractivity contribution in [1.29, 1.82) is 0 Å². The molecule has 228 valence electrons. The number of benzene rings is 3. The average molecular weight is 596 g/mol. The molecule has 2 heterocycles. The number of halogens is 3. The number of hydrogen-bond donors (Lipinski definition) is 1. The number of nitrogens with one attached hydrogen (secondary N) is 1. The van der Waals surface area contributed by atoms with Crippen molar-refractivity contribution in [3.63, 3.8) is 0 Å². The lowest BCUT2D eigenvalue weighted by Gasteiger charge is -2.40. The standard InChI is InChI=1S/C33H36F3N3O4/c1-3-42-30(40)24-10-8-13-27(23(24)2)39-20-18-38(19-21-39)17-9-16-32(31(41)37-22-33(34,35)36)25-11-4-6-14-28(25)43-29-15-7-5-12-26(29)32/h4-8,10-15H,3,9,16-22H2,1-2H3,(H,37,41). The van der Waals surface area contributed by atoms with Gasteiger partial charge in [-0.15, -0.1) is 0 Å². The van der Waals surface area contributed by atoms with Crippen molar-refractivity contribution in [3.05, 3.63) is 89.0 Å². The first-order valence-corrected chi connectivity index (χ1v) is 14.6. The van der Waals surface area contributed by atoms with Crippen molar-refractivity contribution in [2.45, 2.75) is 38.3 Å². The van der Waals surface area contributed by atoms with Gasteiger partial charge in [-0.25, -0.2) is 4.79 Å². The number of amides is 1. The van der Waals surface area contributed by atoms with Gasteiger partial charge in [0.15, 0.2) is 0 Å². The minimum Gasteiger partial charge on any atom is -0.462 e. The lowest BCUT2D eigenvalue weighted by atomic mass is 9.68. The normalized spacial score (nSPS) is 16.1. The van der Waals surface area contributed by atoms with Gasteiger partial charge in [-0.2, -0.15) is 13.2 Å². The number of rotatable bonds is 9. The lowest BCUT2D eigenvalue weighted by Crippen LogP contribution is -2.50. The molecule has 1 saturated heterocycles. The Hall–Kier alpha value is -4.05. The molecule has 2 aliphatic rings. The van der Waals surface area contributed by atoms with E-state index in [0.29, 0.717) is 54.2 Å². The first kappa shape index (κ1) is 30.4. The highest BCUT2D eigenvalue weighted by atomic mass is 19.4. The number of para-hydroxylation sites is 2. The van der Waals surface area contributed by atoms with Crippen LogP contribution in [-0.4, -0.2) is 68.8 Å². The van der Waals surface area contributed by atoms with Crippen molar-refractivity contribution < 1.29 is 32.2 Å². The van der Waals surface area contributed by atoms with E-state index in [1.165, 1.54) is 0 Å². The predicted octanol–water partition coefficient (Wildman–Crippen LogP) is 5.84. The Balaban J connectivity index is 1.31.